The molecule has 1 atom stereocenters. The Kier molecular flexibility index (Phi) is 6.39. The summed E-state index contributed by atoms with van der Waals surface area (Å²) in [6.45, 7) is 3.22. The maximum absolute atomic E-state index is 12.3. The lowest BCUT2D eigenvalue weighted by Crippen LogP contribution is -2.52. The van der Waals surface area contributed by atoms with Crippen molar-refractivity contribution in [3.05, 3.63) is 0 Å². The van der Waals surface area contributed by atoms with Crippen molar-refractivity contribution in [2.24, 2.45) is 0 Å². The van der Waals surface area contributed by atoms with Gasteiger partial charge in [-0.3, -0.25) is 4.79 Å². The molecule has 2 heterocycles. The van der Waals surface area contributed by atoms with E-state index in [2.05, 4.69) is 17.3 Å². The summed E-state index contributed by atoms with van der Waals surface area (Å²) in [5.74, 6) is 0.305. The molecule has 2 rings (SSSR count). The molecule has 0 bridgehead atoms. The van der Waals surface area contributed by atoms with Gasteiger partial charge in [-0.2, -0.15) is 0 Å². The van der Waals surface area contributed by atoms with Gasteiger partial charge in [0.2, 0.25) is 5.91 Å². The summed E-state index contributed by atoms with van der Waals surface area (Å²) in [6.07, 6.45) is 5.64. The standard InChI is InChI=1S/C13H25N3O.ClH/c1-15-9-6-11(7-10-15)16(2)13(17)12-5-3-4-8-14-12;/h11-12,14H,3-10H2,1-2H3;1H. The van der Waals surface area contributed by atoms with Gasteiger partial charge in [0, 0.05) is 13.1 Å². The fraction of sp³-hybridized carbons (Fsp3) is 0.923. The molecule has 0 radical (unpaired) electrons. The van der Waals surface area contributed by atoms with Crippen LogP contribution in [0.4, 0.5) is 0 Å². The van der Waals surface area contributed by atoms with Crippen molar-refractivity contribution in [2.75, 3.05) is 33.7 Å². The molecule has 0 saturated carbocycles. The van der Waals surface area contributed by atoms with Crippen molar-refractivity contribution in [3.8, 4) is 0 Å². The molecule has 1 unspecified atom stereocenters. The van der Waals surface area contributed by atoms with Gasteiger partial charge in [-0.15, -0.1) is 12.4 Å². The highest BCUT2D eigenvalue weighted by molar-refractivity contribution is 5.85. The predicted molar refractivity (Wildman–Crippen MR) is 76.2 cm³/mol. The average molecular weight is 276 g/mol. The minimum atomic E-state index is 0. The fourth-order valence-corrected chi connectivity index (χ4v) is 2.87. The second-order valence-corrected chi connectivity index (χ2v) is 5.49. The van der Waals surface area contributed by atoms with Crippen LogP contribution in [0.25, 0.3) is 0 Å². The Balaban J connectivity index is 0.00000162. The molecule has 0 aromatic rings. The van der Waals surface area contributed by atoms with E-state index in [1.54, 1.807) is 0 Å². The molecular formula is C13H26ClN3O. The molecule has 0 aliphatic carbocycles. The molecule has 5 heteroatoms. The number of likely N-dealkylation sites (N-methyl/N-ethyl adjacent to an activating group) is 1. The summed E-state index contributed by atoms with van der Waals surface area (Å²) < 4.78 is 0. The molecule has 106 valence electrons. The van der Waals surface area contributed by atoms with Crippen molar-refractivity contribution in [3.63, 3.8) is 0 Å². The van der Waals surface area contributed by atoms with Crippen LogP contribution < -0.4 is 5.32 Å². The van der Waals surface area contributed by atoms with E-state index in [-0.39, 0.29) is 18.4 Å². The van der Waals surface area contributed by atoms with Crippen LogP contribution in [0, 0.1) is 0 Å². The molecule has 2 aliphatic heterocycles. The molecule has 4 nitrogen and oxygen atoms in total. The first-order valence-corrected chi connectivity index (χ1v) is 6.87. The van der Waals surface area contributed by atoms with Crippen LogP contribution in [0.5, 0.6) is 0 Å². The Morgan fingerprint density at radius 3 is 2.44 bits per heavy atom. The highest BCUT2D eigenvalue weighted by Crippen LogP contribution is 2.17. The Bertz CT molecular complexity index is 261. The van der Waals surface area contributed by atoms with E-state index >= 15 is 0 Å². The summed E-state index contributed by atoms with van der Waals surface area (Å²) >= 11 is 0. The highest BCUT2D eigenvalue weighted by atomic mass is 35.5. The largest absolute Gasteiger partial charge is 0.341 e. The van der Waals surface area contributed by atoms with Crippen molar-refractivity contribution < 1.29 is 4.79 Å². The van der Waals surface area contributed by atoms with Gasteiger partial charge in [0.25, 0.3) is 0 Å². The predicted octanol–water partition coefficient (Wildman–Crippen LogP) is 1.10. The van der Waals surface area contributed by atoms with Gasteiger partial charge in [-0.1, -0.05) is 6.42 Å². The first-order chi connectivity index (χ1) is 8.18. The fourth-order valence-electron chi connectivity index (χ4n) is 2.87. The van der Waals surface area contributed by atoms with E-state index in [0.717, 1.165) is 38.9 Å². The van der Waals surface area contributed by atoms with Gasteiger partial charge in [-0.05, 0) is 52.4 Å². The number of carbonyl (C=O) groups excluding carboxylic acids is 1. The number of piperidine rings is 2. The van der Waals surface area contributed by atoms with Gasteiger partial charge < -0.3 is 15.1 Å². The Labute approximate surface area is 116 Å². The summed E-state index contributed by atoms with van der Waals surface area (Å²) in [7, 11) is 4.13. The minimum Gasteiger partial charge on any atom is -0.341 e. The van der Waals surface area contributed by atoms with E-state index in [0.29, 0.717) is 11.9 Å². The summed E-state index contributed by atoms with van der Waals surface area (Å²) in [4.78, 5) is 16.7. The number of hydrogen-bond donors (Lipinski definition) is 1. The molecule has 2 saturated heterocycles. The van der Waals surface area contributed by atoms with Crippen LogP contribution in [0.3, 0.4) is 0 Å². The molecule has 0 aromatic carbocycles. The number of nitrogens with one attached hydrogen (secondary N) is 1. The lowest BCUT2D eigenvalue weighted by Gasteiger charge is -2.37. The molecule has 2 fully saturated rings. The van der Waals surface area contributed by atoms with E-state index in [1.807, 2.05) is 11.9 Å². The number of amides is 1. The van der Waals surface area contributed by atoms with Crippen molar-refractivity contribution >= 4 is 18.3 Å². The van der Waals surface area contributed by atoms with E-state index in [4.69, 9.17) is 0 Å². The first kappa shape index (κ1) is 15.7. The van der Waals surface area contributed by atoms with Crippen molar-refractivity contribution in [2.45, 2.75) is 44.2 Å². The van der Waals surface area contributed by atoms with E-state index in [1.165, 1.54) is 12.8 Å². The maximum atomic E-state index is 12.3. The summed E-state index contributed by atoms with van der Waals surface area (Å²) in [5, 5.41) is 3.35. The third kappa shape index (κ3) is 3.84. The number of rotatable bonds is 2. The second kappa shape index (κ2) is 7.31. The van der Waals surface area contributed by atoms with Crippen molar-refractivity contribution in [1.82, 2.24) is 15.1 Å². The smallest absolute Gasteiger partial charge is 0.239 e. The number of halogens is 1. The topological polar surface area (TPSA) is 35.6 Å². The van der Waals surface area contributed by atoms with Crippen molar-refractivity contribution in [1.29, 1.82) is 0 Å². The molecule has 0 aromatic heterocycles. The lowest BCUT2D eigenvalue weighted by atomic mass is 10.00. The first-order valence-electron chi connectivity index (χ1n) is 6.87. The summed E-state index contributed by atoms with van der Waals surface area (Å²) in [5.41, 5.74) is 0. The Hall–Kier alpha value is -0.320. The van der Waals surface area contributed by atoms with Crippen LogP contribution in [0.1, 0.15) is 32.1 Å². The Morgan fingerprint density at radius 1 is 1.22 bits per heavy atom. The van der Waals surface area contributed by atoms with Crippen LogP contribution in [0.2, 0.25) is 0 Å². The molecule has 2 aliphatic rings. The quantitative estimate of drug-likeness (QED) is 0.820. The van der Waals surface area contributed by atoms with Gasteiger partial charge in [-0.25, -0.2) is 0 Å². The van der Waals surface area contributed by atoms with Crippen LogP contribution >= 0.6 is 12.4 Å². The molecule has 18 heavy (non-hydrogen) atoms. The van der Waals surface area contributed by atoms with Gasteiger partial charge in [0.15, 0.2) is 0 Å². The van der Waals surface area contributed by atoms with Crippen LogP contribution in [-0.2, 0) is 4.79 Å². The minimum absolute atomic E-state index is 0. The SMILES string of the molecule is CN1CCC(N(C)C(=O)C2CCCCN2)CC1.Cl. The summed E-state index contributed by atoms with van der Waals surface area (Å²) in [6, 6.07) is 0.524. The van der Waals surface area contributed by atoms with Crippen LogP contribution in [-0.4, -0.2) is 61.5 Å². The van der Waals surface area contributed by atoms with Gasteiger partial charge in [0.1, 0.15) is 0 Å². The Morgan fingerprint density at radius 2 is 1.89 bits per heavy atom. The number of carbonyl (C=O) groups is 1. The zero-order valence-electron chi connectivity index (χ0n) is 11.5. The lowest BCUT2D eigenvalue weighted by molar-refractivity contribution is -0.135. The number of nitrogens with zero attached hydrogens (tertiary/aromatic N) is 2. The van der Waals surface area contributed by atoms with E-state index < -0.39 is 0 Å². The monoisotopic (exact) mass is 275 g/mol. The van der Waals surface area contributed by atoms with E-state index in [9.17, 15) is 4.79 Å². The number of likely N-dealkylation sites (tertiary alicyclic amines) is 1. The third-order valence-electron chi connectivity index (χ3n) is 4.19. The maximum Gasteiger partial charge on any atom is 0.239 e. The average Bonchev–Trinajstić information content (AvgIpc) is 2.39. The second-order valence-electron chi connectivity index (χ2n) is 5.49. The number of hydrogen-bond acceptors (Lipinski definition) is 3. The molecule has 0 spiro atoms. The molecular weight excluding hydrogens is 250 g/mol. The zero-order valence-corrected chi connectivity index (χ0v) is 12.3. The normalized spacial score (nSPS) is 26.4. The molecule has 1 amide bonds. The zero-order chi connectivity index (χ0) is 12.3. The highest BCUT2D eigenvalue weighted by Gasteiger charge is 2.29. The molecule has 1 N–H and O–H groups in total. The van der Waals surface area contributed by atoms with Gasteiger partial charge in [0.05, 0.1) is 6.04 Å². The third-order valence-corrected chi connectivity index (χ3v) is 4.19. The van der Waals surface area contributed by atoms with Crippen LogP contribution in [0.15, 0.2) is 0 Å². The van der Waals surface area contributed by atoms with Gasteiger partial charge >= 0.3 is 0 Å².